The van der Waals surface area contributed by atoms with Crippen LogP contribution in [-0.2, 0) is 10.4 Å². The second-order valence-corrected chi connectivity index (χ2v) is 6.49. The molecule has 2 N–H and O–H groups in total. The summed E-state index contributed by atoms with van der Waals surface area (Å²) in [5.74, 6) is -1.16. The number of halogens is 3. The molecule has 1 heterocycles. The summed E-state index contributed by atoms with van der Waals surface area (Å²) in [5.41, 5.74) is -3.18. The average molecular weight is 389 g/mol. The molecule has 2 rings (SSSR count). The van der Waals surface area contributed by atoms with Crippen molar-refractivity contribution in [1.29, 1.82) is 0 Å². The summed E-state index contributed by atoms with van der Waals surface area (Å²) in [5, 5.41) is 23.8. The zero-order valence-corrected chi connectivity index (χ0v) is 14.4. The summed E-state index contributed by atoms with van der Waals surface area (Å²) in [7, 11) is 0. The number of thiazole rings is 1. The van der Waals surface area contributed by atoms with E-state index >= 15 is 0 Å². The number of aryl methyl sites for hydroxylation is 2. The minimum absolute atomic E-state index is 0.0489. The SMILES string of the molecule is Cc1csc(C(O)(CC(=O)Nc2ccc(C)c([N+](=O)[O-])c2)C(F)(F)F)n1. The van der Waals surface area contributed by atoms with Gasteiger partial charge < -0.3 is 10.4 Å². The third-order valence-electron chi connectivity index (χ3n) is 3.55. The normalized spacial score (nSPS) is 13.9. The molecule has 0 aliphatic heterocycles. The Morgan fingerprint density at radius 2 is 2.04 bits per heavy atom. The second kappa shape index (κ2) is 7.00. The number of nitro groups is 1. The van der Waals surface area contributed by atoms with Gasteiger partial charge in [-0.3, -0.25) is 14.9 Å². The van der Waals surface area contributed by atoms with Gasteiger partial charge in [-0.1, -0.05) is 6.07 Å². The fourth-order valence-electron chi connectivity index (χ4n) is 2.16. The molecule has 0 bridgehead atoms. The van der Waals surface area contributed by atoms with Crippen LogP contribution in [0.25, 0.3) is 0 Å². The summed E-state index contributed by atoms with van der Waals surface area (Å²) < 4.78 is 40.1. The van der Waals surface area contributed by atoms with Crippen molar-refractivity contribution in [3.05, 3.63) is 50.0 Å². The van der Waals surface area contributed by atoms with Gasteiger partial charge in [-0.05, 0) is 19.9 Å². The Bertz CT molecular complexity index is 853. The molecule has 0 spiro atoms. The van der Waals surface area contributed by atoms with Gasteiger partial charge in [0.2, 0.25) is 11.5 Å². The van der Waals surface area contributed by atoms with E-state index in [0.717, 1.165) is 6.07 Å². The van der Waals surface area contributed by atoms with Crippen LogP contribution in [0.5, 0.6) is 0 Å². The molecule has 1 aromatic heterocycles. The highest BCUT2D eigenvalue weighted by Crippen LogP contribution is 2.43. The third-order valence-corrected chi connectivity index (χ3v) is 4.66. The first-order valence-corrected chi connectivity index (χ1v) is 8.08. The molecule has 1 aromatic carbocycles. The first-order chi connectivity index (χ1) is 11.9. The highest BCUT2D eigenvalue weighted by molar-refractivity contribution is 7.09. The maximum absolute atomic E-state index is 13.4. The van der Waals surface area contributed by atoms with Crippen LogP contribution in [0.3, 0.4) is 0 Å². The number of carbonyl (C=O) groups excluding carboxylic acids is 1. The number of aromatic nitrogens is 1. The number of alkyl halides is 3. The molecular weight excluding hydrogens is 375 g/mol. The van der Waals surface area contributed by atoms with Crippen molar-refractivity contribution in [2.45, 2.75) is 32.0 Å². The Kier molecular flexibility index (Phi) is 5.33. The minimum Gasteiger partial charge on any atom is -0.374 e. The van der Waals surface area contributed by atoms with Gasteiger partial charge in [0.1, 0.15) is 5.01 Å². The molecule has 1 amide bonds. The topological polar surface area (TPSA) is 105 Å². The molecule has 2 aromatic rings. The van der Waals surface area contributed by atoms with Crippen LogP contribution in [0.4, 0.5) is 24.5 Å². The molecular formula is C15H14F3N3O4S. The molecule has 1 atom stereocenters. The zero-order chi connectivity index (χ0) is 19.7. The largest absolute Gasteiger partial charge is 0.424 e. The lowest BCUT2D eigenvalue weighted by atomic mass is 9.99. The van der Waals surface area contributed by atoms with Crippen molar-refractivity contribution >= 4 is 28.6 Å². The third kappa shape index (κ3) is 3.99. The Morgan fingerprint density at radius 1 is 1.38 bits per heavy atom. The lowest BCUT2D eigenvalue weighted by Crippen LogP contribution is -2.45. The van der Waals surface area contributed by atoms with E-state index in [-0.39, 0.29) is 17.1 Å². The van der Waals surface area contributed by atoms with E-state index in [0.29, 0.717) is 16.9 Å². The van der Waals surface area contributed by atoms with Crippen molar-refractivity contribution in [1.82, 2.24) is 4.98 Å². The van der Waals surface area contributed by atoms with Crippen LogP contribution < -0.4 is 5.32 Å². The number of aliphatic hydroxyl groups is 1. The van der Waals surface area contributed by atoms with Gasteiger partial charge in [0.05, 0.1) is 11.3 Å². The summed E-state index contributed by atoms with van der Waals surface area (Å²) in [6.07, 6.45) is -6.46. The van der Waals surface area contributed by atoms with Gasteiger partial charge in [0.25, 0.3) is 5.69 Å². The molecule has 1 unspecified atom stereocenters. The van der Waals surface area contributed by atoms with Crippen LogP contribution in [0.2, 0.25) is 0 Å². The predicted molar refractivity (Wildman–Crippen MR) is 87.9 cm³/mol. The molecule has 0 fully saturated rings. The Hall–Kier alpha value is -2.53. The monoisotopic (exact) mass is 389 g/mol. The molecule has 0 radical (unpaired) electrons. The Labute approximate surface area is 149 Å². The molecule has 0 saturated heterocycles. The minimum atomic E-state index is -5.13. The quantitative estimate of drug-likeness (QED) is 0.602. The highest BCUT2D eigenvalue weighted by atomic mass is 32.1. The lowest BCUT2D eigenvalue weighted by Gasteiger charge is -2.27. The number of hydrogen-bond donors (Lipinski definition) is 2. The molecule has 0 aliphatic rings. The number of nitrogens with zero attached hydrogens (tertiary/aromatic N) is 2. The number of amides is 1. The van der Waals surface area contributed by atoms with Crippen molar-refractivity contribution in [3.8, 4) is 0 Å². The maximum Gasteiger partial charge on any atom is 0.424 e. The molecule has 0 aliphatic carbocycles. The number of carbonyl (C=O) groups is 1. The van der Waals surface area contributed by atoms with E-state index in [2.05, 4.69) is 10.3 Å². The van der Waals surface area contributed by atoms with E-state index in [4.69, 9.17) is 0 Å². The number of nitrogens with one attached hydrogen (secondary N) is 1. The van der Waals surface area contributed by atoms with Crippen LogP contribution in [0, 0.1) is 24.0 Å². The summed E-state index contributed by atoms with van der Waals surface area (Å²) in [4.78, 5) is 25.9. The lowest BCUT2D eigenvalue weighted by molar-refractivity contribution is -0.385. The number of hydrogen-bond acceptors (Lipinski definition) is 6. The average Bonchev–Trinajstić information content (AvgIpc) is 2.94. The summed E-state index contributed by atoms with van der Waals surface area (Å²) in [6.45, 7) is 2.94. The zero-order valence-electron chi connectivity index (χ0n) is 13.6. The number of nitro benzene ring substituents is 1. The van der Waals surface area contributed by atoms with Gasteiger partial charge >= 0.3 is 6.18 Å². The number of rotatable bonds is 5. The van der Waals surface area contributed by atoms with E-state index in [1.165, 1.54) is 31.4 Å². The van der Waals surface area contributed by atoms with Gasteiger partial charge in [-0.25, -0.2) is 4.98 Å². The van der Waals surface area contributed by atoms with Gasteiger partial charge in [0.15, 0.2) is 0 Å². The van der Waals surface area contributed by atoms with Gasteiger partial charge in [-0.2, -0.15) is 13.2 Å². The molecule has 0 saturated carbocycles. The van der Waals surface area contributed by atoms with E-state index < -0.39 is 34.0 Å². The van der Waals surface area contributed by atoms with Crippen LogP contribution >= 0.6 is 11.3 Å². The Morgan fingerprint density at radius 3 is 2.54 bits per heavy atom. The van der Waals surface area contributed by atoms with Crippen LogP contribution in [0.1, 0.15) is 22.7 Å². The van der Waals surface area contributed by atoms with E-state index in [1.54, 1.807) is 0 Å². The highest BCUT2D eigenvalue weighted by Gasteiger charge is 2.58. The van der Waals surface area contributed by atoms with E-state index in [9.17, 15) is 33.2 Å². The van der Waals surface area contributed by atoms with Gasteiger partial charge in [-0.15, -0.1) is 11.3 Å². The van der Waals surface area contributed by atoms with Crippen LogP contribution in [0.15, 0.2) is 23.6 Å². The molecule has 7 nitrogen and oxygen atoms in total. The van der Waals surface area contributed by atoms with Crippen molar-refractivity contribution < 1.29 is 28.0 Å². The maximum atomic E-state index is 13.4. The van der Waals surface area contributed by atoms with Gasteiger partial charge in [0, 0.05) is 28.4 Å². The van der Waals surface area contributed by atoms with E-state index in [1.807, 2.05) is 0 Å². The fourth-order valence-corrected chi connectivity index (χ4v) is 3.08. The predicted octanol–water partition coefficient (Wildman–Crippen LogP) is 3.45. The summed E-state index contributed by atoms with van der Waals surface area (Å²) >= 11 is 0.590. The standard InChI is InChI=1S/C15H14F3N3O4S/c1-8-3-4-10(5-11(8)21(24)25)20-12(22)6-14(23,15(16,17)18)13-19-9(2)7-26-13/h3-5,7,23H,6H2,1-2H3,(H,20,22). The van der Waals surface area contributed by atoms with Crippen molar-refractivity contribution in [3.63, 3.8) is 0 Å². The molecule has 140 valence electrons. The number of benzene rings is 1. The fraction of sp³-hybridized carbons (Fsp3) is 0.333. The smallest absolute Gasteiger partial charge is 0.374 e. The van der Waals surface area contributed by atoms with Crippen molar-refractivity contribution in [2.75, 3.05) is 5.32 Å². The van der Waals surface area contributed by atoms with Crippen molar-refractivity contribution in [2.24, 2.45) is 0 Å². The first-order valence-electron chi connectivity index (χ1n) is 7.20. The second-order valence-electron chi connectivity index (χ2n) is 5.64. The summed E-state index contributed by atoms with van der Waals surface area (Å²) in [6, 6.07) is 3.71. The van der Waals surface area contributed by atoms with Crippen LogP contribution in [-0.4, -0.2) is 27.1 Å². The first kappa shape index (κ1) is 19.8. The Balaban J connectivity index is 2.26. The molecule has 11 heteroatoms. The number of anilines is 1. The molecule has 26 heavy (non-hydrogen) atoms.